The van der Waals surface area contributed by atoms with Gasteiger partial charge in [-0.15, -0.1) is 0 Å². The quantitative estimate of drug-likeness (QED) is 0.133. The minimum absolute atomic E-state index is 0.00239. The number of benzene rings is 10. The summed E-state index contributed by atoms with van der Waals surface area (Å²) >= 11 is 0. The Labute approximate surface area is 416 Å². The second-order valence-electron chi connectivity index (χ2n) is 21.9. The molecule has 10 rings (SSSR count). The molecule has 0 bridgehead atoms. The molecule has 0 saturated carbocycles. The zero-order chi connectivity index (χ0) is 48.8. The predicted octanol–water partition coefficient (Wildman–Crippen LogP) is 19.8. The van der Waals surface area contributed by atoms with Crippen molar-refractivity contribution < 1.29 is 0 Å². The number of hydrogen-bond acceptors (Lipinski definition) is 2. The lowest BCUT2D eigenvalue weighted by Crippen LogP contribution is -2.20. The van der Waals surface area contributed by atoms with Gasteiger partial charge in [0.2, 0.25) is 0 Å². The largest absolute Gasteiger partial charge is 0.310 e. The van der Waals surface area contributed by atoms with E-state index in [-0.39, 0.29) is 16.2 Å². The van der Waals surface area contributed by atoms with E-state index < -0.39 is 0 Å². The Morgan fingerprint density at radius 1 is 0.271 bits per heavy atom. The van der Waals surface area contributed by atoms with Crippen LogP contribution in [0.25, 0.3) is 54.9 Å². The molecular formula is C68H64N2. The van der Waals surface area contributed by atoms with Gasteiger partial charge < -0.3 is 9.80 Å². The first kappa shape index (κ1) is 46.1. The maximum atomic E-state index is 2.49. The minimum Gasteiger partial charge on any atom is -0.310 e. The lowest BCUT2D eigenvalue weighted by atomic mass is 9.83. The fourth-order valence-corrected chi connectivity index (χ4v) is 9.89. The maximum absolute atomic E-state index is 2.49. The molecule has 10 aromatic rings. The molecule has 0 atom stereocenters. The lowest BCUT2D eigenvalue weighted by molar-refractivity contribution is 0.589. The molecule has 0 heterocycles. The first-order chi connectivity index (χ1) is 33.6. The zero-order valence-electron chi connectivity index (χ0n) is 42.3. The smallest absolute Gasteiger partial charge is 0.0564 e. The maximum Gasteiger partial charge on any atom is 0.0564 e. The SMILES string of the molecule is CC(C)(C)c1ccc(N(c2ccc(-c3ccccc3)cc2)c2cc(C(C)(C)C)cc(N(c3ccc(-c4cccc5c4ccc4ccccc45)cc3)c3ccc(C(C)(C)C)cc3)c2-c2ccccc2)cc1. The van der Waals surface area contributed by atoms with Gasteiger partial charge in [-0.25, -0.2) is 0 Å². The van der Waals surface area contributed by atoms with Crippen LogP contribution in [0.2, 0.25) is 0 Å². The Hall–Kier alpha value is -7.68. The van der Waals surface area contributed by atoms with Crippen LogP contribution in [0.4, 0.5) is 34.1 Å². The fourth-order valence-electron chi connectivity index (χ4n) is 9.89. The summed E-state index contributed by atoms with van der Waals surface area (Å²) in [5.41, 5.74) is 17.3. The Morgan fingerprint density at radius 3 is 1.16 bits per heavy atom. The van der Waals surface area contributed by atoms with Gasteiger partial charge in [0.05, 0.1) is 11.4 Å². The van der Waals surface area contributed by atoms with Gasteiger partial charge in [-0.1, -0.05) is 226 Å². The summed E-state index contributed by atoms with van der Waals surface area (Å²) in [6.45, 7) is 20.7. The average Bonchev–Trinajstić information content (AvgIpc) is 3.37. The van der Waals surface area contributed by atoms with E-state index in [1.165, 1.54) is 60.5 Å². The van der Waals surface area contributed by atoms with Crippen molar-refractivity contribution in [3.8, 4) is 33.4 Å². The highest BCUT2D eigenvalue weighted by Gasteiger charge is 2.29. The highest BCUT2D eigenvalue weighted by atomic mass is 15.2. The number of anilines is 6. The van der Waals surface area contributed by atoms with Crippen molar-refractivity contribution in [2.24, 2.45) is 0 Å². The van der Waals surface area contributed by atoms with Gasteiger partial charge in [-0.05, 0) is 143 Å². The third-order valence-corrected chi connectivity index (χ3v) is 13.9. The van der Waals surface area contributed by atoms with E-state index in [1.807, 2.05) is 0 Å². The third kappa shape index (κ3) is 9.15. The molecule has 0 aromatic heterocycles. The van der Waals surface area contributed by atoms with Gasteiger partial charge in [-0.2, -0.15) is 0 Å². The third-order valence-electron chi connectivity index (χ3n) is 13.9. The van der Waals surface area contributed by atoms with Gasteiger partial charge >= 0.3 is 0 Å². The summed E-state index contributed by atoms with van der Waals surface area (Å²) in [6, 6.07) is 83.3. The van der Waals surface area contributed by atoms with Crippen molar-refractivity contribution in [2.45, 2.75) is 78.6 Å². The van der Waals surface area contributed by atoms with Crippen molar-refractivity contribution in [3.05, 3.63) is 241 Å². The molecule has 0 aliphatic carbocycles. The van der Waals surface area contributed by atoms with Crippen LogP contribution in [0.5, 0.6) is 0 Å². The van der Waals surface area contributed by atoms with Gasteiger partial charge in [0, 0.05) is 28.3 Å². The van der Waals surface area contributed by atoms with Gasteiger partial charge in [0.15, 0.2) is 0 Å². The first-order valence-electron chi connectivity index (χ1n) is 24.8. The van der Waals surface area contributed by atoms with Crippen LogP contribution in [0.15, 0.2) is 224 Å². The molecule has 346 valence electrons. The topological polar surface area (TPSA) is 6.48 Å². The van der Waals surface area contributed by atoms with E-state index in [0.29, 0.717) is 0 Å². The molecule has 70 heavy (non-hydrogen) atoms. The standard InChI is InChI=1S/C68H64N2/c1-66(2,3)52-32-40-57(41-33-52)69(55-36-27-48(28-37-55)47-19-12-10-13-20-47)63-45-54(68(7,8)9)46-64(65(63)51-22-14-11-15-23-51)70(58-42-34-53(35-43-58)67(4,5)6)56-38-29-50(30-39-56)60-25-18-26-61-59-24-17-16-21-49(59)31-44-62(60)61/h10-46H,1-9H3. The number of nitrogens with zero attached hydrogens (tertiary/aromatic N) is 2. The molecule has 0 N–H and O–H groups in total. The Morgan fingerprint density at radius 2 is 0.671 bits per heavy atom. The van der Waals surface area contributed by atoms with E-state index in [2.05, 4.69) is 297 Å². The van der Waals surface area contributed by atoms with Gasteiger partial charge in [0.25, 0.3) is 0 Å². The summed E-state index contributed by atoms with van der Waals surface area (Å²) in [5, 5.41) is 5.06. The molecule has 0 unspecified atom stereocenters. The predicted molar refractivity (Wildman–Crippen MR) is 303 cm³/mol. The molecule has 0 aliphatic rings. The zero-order valence-corrected chi connectivity index (χ0v) is 42.3. The molecule has 2 nitrogen and oxygen atoms in total. The molecule has 0 aliphatic heterocycles. The van der Waals surface area contributed by atoms with E-state index in [9.17, 15) is 0 Å². The molecule has 2 heteroatoms. The first-order valence-corrected chi connectivity index (χ1v) is 24.8. The summed E-state index contributed by atoms with van der Waals surface area (Å²) < 4.78 is 0. The van der Waals surface area contributed by atoms with Crippen LogP contribution in [-0.2, 0) is 16.2 Å². The van der Waals surface area contributed by atoms with E-state index in [0.717, 1.165) is 45.3 Å². The normalized spacial score (nSPS) is 12.1. The van der Waals surface area contributed by atoms with Crippen LogP contribution in [-0.4, -0.2) is 0 Å². The van der Waals surface area contributed by atoms with Gasteiger partial charge in [-0.3, -0.25) is 0 Å². The molecule has 0 amide bonds. The summed E-state index contributed by atoms with van der Waals surface area (Å²) in [6.07, 6.45) is 0. The van der Waals surface area contributed by atoms with Gasteiger partial charge in [0.1, 0.15) is 0 Å². The fraction of sp³-hybridized carbons (Fsp3) is 0.176. The average molecular weight is 909 g/mol. The Bertz CT molecular complexity index is 3420. The summed E-state index contributed by atoms with van der Waals surface area (Å²) in [4.78, 5) is 4.98. The highest BCUT2D eigenvalue weighted by molar-refractivity contribution is 6.12. The molecular weight excluding hydrogens is 845 g/mol. The van der Waals surface area contributed by atoms with E-state index in [1.54, 1.807) is 0 Å². The second-order valence-corrected chi connectivity index (χ2v) is 21.9. The van der Waals surface area contributed by atoms with Crippen LogP contribution >= 0.6 is 0 Å². The van der Waals surface area contributed by atoms with Crippen molar-refractivity contribution in [1.29, 1.82) is 0 Å². The molecule has 0 radical (unpaired) electrons. The van der Waals surface area contributed by atoms with E-state index in [4.69, 9.17) is 0 Å². The van der Waals surface area contributed by atoms with Crippen molar-refractivity contribution in [1.82, 2.24) is 0 Å². The van der Waals surface area contributed by atoms with Crippen molar-refractivity contribution in [3.63, 3.8) is 0 Å². The Balaban J connectivity index is 1.23. The Kier molecular flexibility index (Phi) is 12.1. The highest BCUT2D eigenvalue weighted by Crippen LogP contribution is 2.51. The lowest BCUT2D eigenvalue weighted by Gasteiger charge is -2.36. The van der Waals surface area contributed by atoms with Crippen LogP contribution in [0.1, 0.15) is 79.0 Å². The molecule has 0 spiro atoms. The number of fused-ring (bicyclic) bond motifs is 3. The number of rotatable bonds is 9. The van der Waals surface area contributed by atoms with Crippen LogP contribution in [0, 0.1) is 0 Å². The van der Waals surface area contributed by atoms with Crippen molar-refractivity contribution >= 4 is 55.7 Å². The summed E-state index contributed by atoms with van der Waals surface area (Å²) in [5.74, 6) is 0. The molecule has 0 saturated heterocycles. The molecule has 0 fully saturated rings. The summed E-state index contributed by atoms with van der Waals surface area (Å²) in [7, 11) is 0. The van der Waals surface area contributed by atoms with Crippen LogP contribution in [0.3, 0.4) is 0 Å². The van der Waals surface area contributed by atoms with Crippen LogP contribution < -0.4 is 9.80 Å². The minimum atomic E-state index is -0.193. The number of hydrogen-bond donors (Lipinski definition) is 0. The molecule has 10 aromatic carbocycles. The second kappa shape index (κ2) is 18.3. The monoisotopic (exact) mass is 909 g/mol. The van der Waals surface area contributed by atoms with E-state index >= 15 is 0 Å². The van der Waals surface area contributed by atoms with Crippen molar-refractivity contribution in [2.75, 3.05) is 9.80 Å².